The molecule has 0 aromatic rings. The number of hydrogen-bond acceptors (Lipinski definition) is 2. The van der Waals surface area contributed by atoms with Gasteiger partial charge >= 0.3 is 0 Å². The van der Waals surface area contributed by atoms with E-state index in [-0.39, 0.29) is 5.41 Å². The molecule has 0 bridgehead atoms. The highest BCUT2D eigenvalue weighted by molar-refractivity contribution is 4.97. The molecule has 2 unspecified atom stereocenters. The zero-order chi connectivity index (χ0) is 10.8. The molecule has 1 aliphatic rings. The van der Waals surface area contributed by atoms with Gasteiger partial charge in [0.1, 0.15) is 0 Å². The Kier molecular flexibility index (Phi) is 3.59. The Morgan fingerprint density at radius 3 is 2.64 bits per heavy atom. The van der Waals surface area contributed by atoms with E-state index >= 15 is 0 Å². The lowest BCUT2D eigenvalue weighted by Crippen LogP contribution is -2.51. The molecular formula is C12H25NO. The Labute approximate surface area is 87.9 Å². The lowest BCUT2D eigenvalue weighted by atomic mass is 9.64. The summed E-state index contributed by atoms with van der Waals surface area (Å²) in [6.45, 7) is 6.96. The lowest BCUT2D eigenvalue weighted by molar-refractivity contribution is -0.102. The van der Waals surface area contributed by atoms with Gasteiger partial charge in [0.2, 0.25) is 0 Å². The van der Waals surface area contributed by atoms with Crippen LogP contribution in [0, 0.1) is 11.3 Å². The van der Waals surface area contributed by atoms with Gasteiger partial charge in [-0.3, -0.25) is 0 Å². The Morgan fingerprint density at radius 2 is 2.14 bits per heavy atom. The topological polar surface area (TPSA) is 46.2 Å². The van der Waals surface area contributed by atoms with Crippen molar-refractivity contribution in [2.45, 2.75) is 58.5 Å². The summed E-state index contributed by atoms with van der Waals surface area (Å²) in [5.74, 6) is 0.694. The third-order valence-corrected chi connectivity index (χ3v) is 4.18. The summed E-state index contributed by atoms with van der Waals surface area (Å²) < 4.78 is 0. The number of rotatable bonds is 3. The minimum atomic E-state index is -0.527. The van der Waals surface area contributed by atoms with Crippen molar-refractivity contribution >= 4 is 0 Å². The molecule has 2 nitrogen and oxygen atoms in total. The number of hydrogen-bond donors (Lipinski definition) is 2. The second kappa shape index (κ2) is 4.19. The van der Waals surface area contributed by atoms with Gasteiger partial charge in [0.25, 0.3) is 0 Å². The first-order chi connectivity index (χ1) is 6.45. The van der Waals surface area contributed by atoms with Crippen LogP contribution in [0.5, 0.6) is 0 Å². The van der Waals surface area contributed by atoms with Crippen molar-refractivity contribution < 1.29 is 5.11 Å². The van der Waals surface area contributed by atoms with Gasteiger partial charge in [0.15, 0.2) is 0 Å². The van der Waals surface area contributed by atoms with Crippen LogP contribution in [0.2, 0.25) is 0 Å². The third-order valence-electron chi connectivity index (χ3n) is 4.18. The fourth-order valence-corrected chi connectivity index (χ4v) is 2.52. The molecule has 1 aliphatic carbocycles. The molecule has 0 aliphatic heterocycles. The monoisotopic (exact) mass is 199 g/mol. The van der Waals surface area contributed by atoms with Gasteiger partial charge in [-0.2, -0.15) is 0 Å². The molecular weight excluding hydrogens is 174 g/mol. The normalized spacial score (nSPS) is 34.5. The minimum absolute atomic E-state index is 0.138. The van der Waals surface area contributed by atoms with Crippen molar-refractivity contribution in [3.05, 3.63) is 0 Å². The van der Waals surface area contributed by atoms with E-state index in [2.05, 4.69) is 20.8 Å². The molecule has 1 rings (SSSR count). The molecule has 3 N–H and O–H groups in total. The average molecular weight is 199 g/mol. The molecule has 2 atom stereocenters. The zero-order valence-corrected chi connectivity index (χ0v) is 9.84. The second-order valence-electron chi connectivity index (χ2n) is 5.49. The molecule has 2 heteroatoms. The summed E-state index contributed by atoms with van der Waals surface area (Å²) in [5.41, 5.74) is 5.08. The summed E-state index contributed by atoms with van der Waals surface area (Å²) in [7, 11) is 0. The maximum atomic E-state index is 10.6. The van der Waals surface area contributed by atoms with Crippen LogP contribution < -0.4 is 5.73 Å². The second-order valence-corrected chi connectivity index (χ2v) is 5.49. The Hall–Kier alpha value is -0.0800. The van der Waals surface area contributed by atoms with Gasteiger partial charge in [0.05, 0.1) is 5.60 Å². The highest BCUT2D eigenvalue weighted by Gasteiger charge is 2.45. The van der Waals surface area contributed by atoms with E-state index in [1.165, 1.54) is 12.8 Å². The molecule has 0 saturated heterocycles. The summed E-state index contributed by atoms with van der Waals surface area (Å²) in [6, 6.07) is 0. The maximum Gasteiger partial charge on any atom is 0.0713 e. The SMILES string of the molecule is CCC1CCCC(O)(C(C)(C)CN)C1. The van der Waals surface area contributed by atoms with Crippen LogP contribution in [0.4, 0.5) is 0 Å². The largest absolute Gasteiger partial charge is 0.389 e. The standard InChI is InChI=1S/C12H25NO/c1-4-10-6-5-7-12(14,8-10)11(2,3)9-13/h10,14H,4-9,13H2,1-3H3. The van der Waals surface area contributed by atoms with Gasteiger partial charge < -0.3 is 10.8 Å². The molecule has 1 saturated carbocycles. The van der Waals surface area contributed by atoms with E-state index < -0.39 is 5.60 Å². The fourth-order valence-electron chi connectivity index (χ4n) is 2.52. The predicted octanol–water partition coefficient (Wildman–Crippen LogP) is 2.30. The highest BCUT2D eigenvalue weighted by atomic mass is 16.3. The first-order valence-electron chi connectivity index (χ1n) is 5.87. The quantitative estimate of drug-likeness (QED) is 0.732. The van der Waals surface area contributed by atoms with Crippen LogP contribution in [-0.2, 0) is 0 Å². The predicted molar refractivity (Wildman–Crippen MR) is 60.0 cm³/mol. The van der Waals surface area contributed by atoms with Crippen LogP contribution in [-0.4, -0.2) is 17.3 Å². The molecule has 0 aromatic heterocycles. The first-order valence-corrected chi connectivity index (χ1v) is 5.87. The highest BCUT2D eigenvalue weighted by Crippen LogP contribution is 2.44. The molecule has 14 heavy (non-hydrogen) atoms. The molecule has 0 spiro atoms. The summed E-state index contributed by atoms with van der Waals surface area (Å²) >= 11 is 0. The zero-order valence-electron chi connectivity index (χ0n) is 9.84. The molecule has 0 amide bonds. The van der Waals surface area contributed by atoms with Gasteiger partial charge in [-0.15, -0.1) is 0 Å². The maximum absolute atomic E-state index is 10.6. The average Bonchev–Trinajstić information content (AvgIpc) is 2.17. The Balaban J connectivity index is 2.73. The molecule has 0 aromatic carbocycles. The fraction of sp³-hybridized carbons (Fsp3) is 1.00. The minimum Gasteiger partial charge on any atom is -0.389 e. The van der Waals surface area contributed by atoms with Crippen LogP contribution >= 0.6 is 0 Å². The van der Waals surface area contributed by atoms with Crippen LogP contribution in [0.1, 0.15) is 52.9 Å². The lowest BCUT2D eigenvalue weighted by Gasteiger charge is -2.47. The first kappa shape index (κ1) is 12.0. The van der Waals surface area contributed by atoms with Gasteiger partial charge in [-0.05, 0) is 18.8 Å². The third kappa shape index (κ3) is 2.12. The molecule has 1 fully saturated rings. The van der Waals surface area contributed by atoms with Gasteiger partial charge in [-0.25, -0.2) is 0 Å². The van der Waals surface area contributed by atoms with E-state index in [4.69, 9.17) is 5.73 Å². The number of nitrogens with two attached hydrogens (primary N) is 1. The van der Waals surface area contributed by atoms with E-state index in [1.807, 2.05) is 0 Å². The Morgan fingerprint density at radius 1 is 1.50 bits per heavy atom. The van der Waals surface area contributed by atoms with Crippen molar-refractivity contribution in [2.24, 2.45) is 17.1 Å². The van der Waals surface area contributed by atoms with Crippen molar-refractivity contribution in [2.75, 3.05) is 6.54 Å². The number of aliphatic hydroxyl groups is 1. The van der Waals surface area contributed by atoms with E-state index in [0.717, 1.165) is 19.3 Å². The summed E-state index contributed by atoms with van der Waals surface area (Å²) in [4.78, 5) is 0. The molecule has 84 valence electrons. The molecule has 0 radical (unpaired) electrons. The van der Waals surface area contributed by atoms with Crippen molar-refractivity contribution in [1.82, 2.24) is 0 Å². The summed E-state index contributed by atoms with van der Waals surface area (Å²) in [5, 5.41) is 10.6. The van der Waals surface area contributed by atoms with Crippen molar-refractivity contribution in [3.63, 3.8) is 0 Å². The van der Waals surface area contributed by atoms with Crippen LogP contribution in [0.25, 0.3) is 0 Å². The van der Waals surface area contributed by atoms with Crippen molar-refractivity contribution in [1.29, 1.82) is 0 Å². The Bertz CT molecular complexity index is 191. The van der Waals surface area contributed by atoms with Crippen LogP contribution in [0.3, 0.4) is 0 Å². The van der Waals surface area contributed by atoms with E-state index in [9.17, 15) is 5.11 Å². The summed E-state index contributed by atoms with van der Waals surface area (Å²) in [6.07, 6.45) is 5.47. The van der Waals surface area contributed by atoms with Crippen molar-refractivity contribution in [3.8, 4) is 0 Å². The molecule has 0 heterocycles. The smallest absolute Gasteiger partial charge is 0.0713 e. The van der Waals surface area contributed by atoms with E-state index in [0.29, 0.717) is 12.5 Å². The van der Waals surface area contributed by atoms with Gasteiger partial charge in [0, 0.05) is 12.0 Å². The van der Waals surface area contributed by atoms with E-state index in [1.54, 1.807) is 0 Å². The van der Waals surface area contributed by atoms with Gasteiger partial charge in [-0.1, -0.05) is 40.0 Å². The van der Waals surface area contributed by atoms with Crippen LogP contribution in [0.15, 0.2) is 0 Å².